The van der Waals surface area contributed by atoms with Crippen LogP contribution in [0.25, 0.3) is 0 Å². The molecule has 0 saturated heterocycles. The van der Waals surface area contributed by atoms with Gasteiger partial charge in [-0.1, -0.05) is 0 Å². The maximum Gasteiger partial charge on any atom is 0.322 e. The van der Waals surface area contributed by atoms with E-state index in [2.05, 4.69) is 16.0 Å². The molecular weight excluding hydrogens is 396 g/mol. The Bertz CT molecular complexity index is 574. The fourth-order valence-electron chi connectivity index (χ4n) is 1.96. The van der Waals surface area contributed by atoms with Gasteiger partial charge in [0, 0.05) is 6.42 Å². The van der Waals surface area contributed by atoms with Crippen molar-refractivity contribution in [3.8, 4) is 0 Å². The van der Waals surface area contributed by atoms with Gasteiger partial charge >= 0.3 is 11.9 Å². The number of hydrogen-bond donors (Lipinski definition) is 7. The van der Waals surface area contributed by atoms with Crippen molar-refractivity contribution in [2.75, 3.05) is 25.2 Å². The van der Waals surface area contributed by atoms with E-state index in [1.54, 1.807) is 6.26 Å². The minimum Gasteiger partial charge on any atom is -0.481 e. The van der Waals surface area contributed by atoms with Crippen LogP contribution in [0, 0.1) is 0 Å². The van der Waals surface area contributed by atoms with Crippen molar-refractivity contribution in [1.82, 2.24) is 16.0 Å². The predicted octanol–water partition coefficient (Wildman–Crippen LogP) is -2.91. The smallest absolute Gasteiger partial charge is 0.322 e. The highest BCUT2D eigenvalue weighted by Gasteiger charge is 2.28. The van der Waals surface area contributed by atoms with Gasteiger partial charge < -0.3 is 37.0 Å². The third kappa shape index (κ3) is 10.7. The summed E-state index contributed by atoms with van der Waals surface area (Å²) in [7, 11) is 0. The minimum atomic E-state index is -1.31. The van der Waals surface area contributed by atoms with Crippen LogP contribution in [0.3, 0.4) is 0 Å². The van der Waals surface area contributed by atoms with Crippen molar-refractivity contribution in [1.29, 1.82) is 0 Å². The average Bonchev–Trinajstić information content (AvgIpc) is 2.64. The second kappa shape index (κ2) is 13.7. The van der Waals surface area contributed by atoms with E-state index in [1.807, 2.05) is 0 Å². The van der Waals surface area contributed by atoms with Crippen molar-refractivity contribution in [3.63, 3.8) is 0 Å². The number of aliphatic hydroxyl groups is 1. The quantitative estimate of drug-likeness (QED) is 0.152. The standard InChI is InChI=1S/C15H26N4O8S/c1-28-5-4-10(18-13(25)8(16)7-20)15(27)19-9(2-3-11(21)22)14(26)17-6-12(23)24/h8-10,20H,2-7,16H2,1H3,(H,17,26)(H,18,25)(H,19,27)(H,21,22)(H,23,24). The van der Waals surface area contributed by atoms with E-state index in [-0.39, 0.29) is 12.8 Å². The number of carbonyl (C=O) groups excluding carboxylic acids is 3. The SMILES string of the molecule is CSCCC(NC(=O)C(N)CO)C(=O)NC(CCC(=O)O)C(=O)NCC(=O)O. The lowest BCUT2D eigenvalue weighted by atomic mass is 10.1. The monoisotopic (exact) mass is 422 g/mol. The van der Waals surface area contributed by atoms with Gasteiger partial charge in [-0.15, -0.1) is 0 Å². The van der Waals surface area contributed by atoms with E-state index in [4.69, 9.17) is 21.1 Å². The molecule has 0 fully saturated rings. The molecular formula is C15H26N4O8S. The molecule has 28 heavy (non-hydrogen) atoms. The molecule has 0 aromatic rings. The van der Waals surface area contributed by atoms with Gasteiger partial charge in [0.1, 0.15) is 24.7 Å². The topological polar surface area (TPSA) is 208 Å². The Labute approximate surface area is 165 Å². The Morgan fingerprint density at radius 1 is 0.929 bits per heavy atom. The highest BCUT2D eigenvalue weighted by atomic mass is 32.2. The highest BCUT2D eigenvalue weighted by Crippen LogP contribution is 2.04. The predicted molar refractivity (Wildman–Crippen MR) is 99.4 cm³/mol. The van der Waals surface area contributed by atoms with Gasteiger partial charge in [-0.25, -0.2) is 0 Å². The second-order valence-electron chi connectivity index (χ2n) is 5.74. The Morgan fingerprint density at radius 2 is 1.50 bits per heavy atom. The number of carbonyl (C=O) groups is 5. The lowest BCUT2D eigenvalue weighted by Gasteiger charge is -2.23. The molecule has 3 amide bonds. The van der Waals surface area contributed by atoms with Gasteiger partial charge in [-0.2, -0.15) is 11.8 Å². The fourth-order valence-corrected chi connectivity index (χ4v) is 2.43. The third-order valence-electron chi connectivity index (χ3n) is 3.47. The van der Waals surface area contributed by atoms with Crippen molar-refractivity contribution in [2.45, 2.75) is 37.4 Å². The first kappa shape index (κ1) is 25.6. The van der Waals surface area contributed by atoms with Crippen LogP contribution >= 0.6 is 11.8 Å². The van der Waals surface area contributed by atoms with Gasteiger partial charge in [0.05, 0.1) is 6.61 Å². The maximum atomic E-state index is 12.5. The van der Waals surface area contributed by atoms with E-state index in [0.29, 0.717) is 5.75 Å². The van der Waals surface area contributed by atoms with E-state index >= 15 is 0 Å². The van der Waals surface area contributed by atoms with E-state index in [1.165, 1.54) is 11.8 Å². The highest BCUT2D eigenvalue weighted by molar-refractivity contribution is 7.98. The maximum absolute atomic E-state index is 12.5. The molecule has 0 saturated carbocycles. The molecule has 0 aliphatic rings. The van der Waals surface area contributed by atoms with Gasteiger partial charge in [0.2, 0.25) is 17.7 Å². The number of aliphatic carboxylic acids is 2. The molecule has 0 spiro atoms. The van der Waals surface area contributed by atoms with Gasteiger partial charge in [0.25, 0.3) is 0 Å². The van der Waals surface area contributed by atoms with Gasteiger partial charge in [-0.3, -0.25) is 24.0 Å². The lowest BCUT2D eigenvalue weighted by molar-refractivity contribution is -0.140. The van der Waals surface area contributed by atoms with Crippen molar-refractivity contribution >= 4 is 41.4 Å². The summed E-state index contributed by atoms with van der Waals surface area (Å²) in [6, 6.07) is -3.61. The van der Waals surface area contributed by atoms with Crippen LogP contribution in [-0.2, 0) is 24.0 Å². The average molecular weight is 422 g/mol. The molecule has 0 heterocycles. The summed E-state index contributed by atoms with van der Waals surface area (Å²) < 4.78 is 0. The summed E-state index contributed by atoms with van der Waals surface area (Å²) in [5.41, 5.74) is 5.41. The minimum absolute atomic E-state index is 0.194. The summed E-state index contributed by atoms with van der Waals surface area (Å²) in [5, 5.41) is 33.1. The molecule has 13 heteroatoms. The van der Waals surface area contributed by atoms with E-state index in [0.717, 1.165) is 0 Å². The number of aliphatic hydroxyl groups excluding tert-OH is 1. The molecule has 3 atom stereocenters. The summed E-state index contributed by atoms with van der Waals surface area (Å²) in [5.74, 6) is -4.41. The number of nitrogens with one attached hydrogen (secondary N) is 3. The van der Waals surface area contributed by atoms with Crippen molar-refractivity contribution < 1.29 is 39.3 Å². The largest absolute Gasteiger partial charge is 0.481 e. The Balaban J connectivity index is 5.18. The molecule has 0 aromatic carbocycles. The summed E-state index contributed by atoms with van der Waals surface area (Å²) in [4.78, 5) is 57.8. The molecule has 0 aromatic heterocycles. The zero-order valence-corrected chi connectivity index (χ0v) is 16.2. The van der Waals surface area contributed by atoms with Gasteiger partial charge in [0.15, 0.2) is 0 Å². The Kier molecular flexibility index (Phi) is 12.6. The van der Waals surface area contributed by atoms with Crippen molar-refractivity contribution in [3.05, 3.63) is 0 Å². The molecule has 3 unspecified atom stereocenters. The number of carboxylic acids is 2. The molecule has 0 aliphatic heterocycles. The number of hydrogen-bond acceptors (Lipinski definition) is 8. The van der Waals surface area contributed by atoms with Gasteiger partial charge in [-0.05, 0) is 24.9 Å². The van der Waals surface area contributed by atoms with Crippen LogP contribution < -0.4 is 21.7 Å². The zero-order chi connectivity index (χ0) is 21.7. The fraction of sp³-hybridized carbons (Fsp3) is 0.667. The Morgan fingerprint density at radius 3 is 2.00 bits per heavy atom. The Hall–Kier alpha value is -2.38. The lowest BCUT2D eigenvalue weighted by Crippen LogP contribution is -2.56. The molecule has 160 valence electrons. The molecule has 12 nitrogen and oxygen atoms in total. The number of rotatable bonds is 14. The van der Waals surface area contributed by atoms with Crippen LogP contribution in [0.1, 0.15) is 19.3 Å². The van der Waals surface area contributed by atoms with Crippen LogP contribution in [0.4, 0.5) is 0 Å². The van der Waals surface area contributed by atoms with Crippen LogP contribution in [-0.4, -0.2) is 88.3 Å². The normalized spacial score (nSPS) is 13.7. The molecule has 0 aliphatic carbocycles. The number of thioether (sulfide) groups is 1. The van der Waals surface area contributed by atoms with Crippen molar-refractivity contribution in [2.24, 2.45) is 5.73 Å². The molecule has 0 rings (SSSR count). The van der Waals surface area contributed by atoms with Crippen LogP contribution in [0.15, 0.2) is 0 Å². The second-order valence-corrected chi connectivity index (χ2v) is 6.72. The van der Waals surface area contributed by atoms with E-state index in [9.17, 15) is 24.0 Å². The van der Waals surface area contributed by atoms with Crippen LogP contribution in [0.2, 0.25) is 0 Å². The number of carboxylic acid groups (broad SMARTS) is 2. The molecule has 0 radical (unpaired) electrons. The van der Waals surface area contributed by atoms with E-state index < -0.39 is 67.4 Å². The van der Waals surface area contributed by atoms with Crippen LogP contribution in [0.5, 0.6) is 0 Å². The third-order valence-corrected chi connectivity index (χ3v) is 4.11. The first-order valence-corrected chi connectivity index (χ1v) is 9.69. The first-order valence-electron chi connectivity index (χ1n) is 8.29. The summed E-state index contributed by atoms with van der Waals surface area (Å²) in [6.45, 7) is -1.32. The molecule has 0 bridgehead atoms. The summed E-state index contributed by atoms with van der Waals surface area (Å²) >= 11 is 1.41. The zero-order valence-electron chi connectivity index (χ0n) is 15.3. The number of amides is 3. The molecule has 8 N–H and O–H groups in total. The first-order chi connectivity index (χ1) is 13.1. The number of nitrogens with two attached hydrogens (primary N) is 1. The summed E-state index contributed by atoms with van der Waals surface area (Å²) in [6.07, 6.45) is 1.26.